The highest BCUT2D eigenvalue weighted by molar-refractivity contribution is 7.10. The summed E-state index contributed by atoms with van der Waals surface area (Å²) >= 11 is 8.01. The molecule has 1 aliphatic rings. The molecule has 0 bridgehead atoms. The minimum Gasteiger partial charge on any atom is -0.379 e. The zero-order valence-corrected chi connectivity index (χ0v) is 12.8. The van der Waals surface area contributed by atoms with Crippen LogP contribution in [0.5, 0.6) is 0 Å². The zero-order valence-electron chi connectivity index (χ0n) is 11.2. The SMILES string of the molecule is CNC(c1sccc1Cl)C(C)(C)N1CCOCC1. The first kappa shape index (κ1) is 14.3. The molecule has 2 rings (SSSR count). The Hall–Kier alpha value is -0.130. The first-order valence-electron chi connectivity index (χ1n) is 6.30. The standard InChI is InChI=1S/C13H21ClN2OS/c1-13(2,16-5-7-17-8-6-16)12(15-3)11-10(14)4-9-18-11/h4,9,12,15H,5-8H2,1-3H3. The molecule has 0 aliphatic carbocycles. The second-order valence-corrected chi connectivity index (χ2v) is 6.46. The summed E-state index contributed by atoms with van der Waals surface area (Å²) in [6.07, 6.45) is 0. The topological polar surface area (TPSA) is 24.5 Å². The summed E-state index contributed by atoms with van der Waals surface area (Å²) in [5, 5.41) is 6.34. The van der Waals surface area contributed by atoms with Gasteiger partial charge in [-0.15, -0.1) is 11.3 Å². The van der Waals surface area contributed by atoms with Gasteiger partial charge in [0.15, 0.2) is 0 Å². The van der Waals surface area contributed by atoms with Crippen molar-refractivity contribution in [1.82, 2.24) is 10.2 Å². The Bertz CT molecular complexity index is 388. The normalized spacial score (nSPS) is 20.0. The number of morpholine rings is 1. The maximum Gasteiger partial charge on any atom is 0.0609 e. The summed E-state index contributed by atoms with van der Waals surface area (Å²) in [4.78, 5) is 3.70. The Balaban J connectivity index is 2.22. The van der Waals surface area contributed by atoms with Crippen LogP contribution >= 0.6 is 22.9 Å². The van der Waals surface area contributed by atoms with E-state index in [1.165, 1.54) is 4.88 Å². The summed E-state index contributed by atoms with van der Waals surface area (Å²) in [6, 6.07) is 2.21. The number of hydrogen-bond acceptors (Lipinski definition) is 4. The van der Waals surface area contributed by atoms with Gasteiger partial charge in [0.1, 0.15) is 0 Å². The molecule has 0 amide bonds. The first-order chi connectivity index (χ1) is 8.57. The predicted molar refractivity (Wildman–Crippen MR) is 77.6 cm³/mol. The number of hydrogen-bond donors (Lipinski definition) is 1. The van der Waals surface area contributed by atoms with E-state index in [1.807, 2.05) is 13.1 Å². The molecule has 1 atom stereocenters. The van der Waals surface area contributed by atoms with Crippen molar-refractivity contribution < 1.29 is 4.74 Å². The molecular weight excluding hydrogens is 268 g/mol. The second kappa shape index (κ2) is 5.88. The molecule has 1 aromatic heterocycles. The molecule has 3 nitrogen and oxygen atoms in total. The lowest BCUT2D eigenvalue weighted by atomic mass is 9.90. The lowest BCUT2D eigenvalue weighted by Crippen LogP contribution is -2.55. The van der Waals surface area contributed by atoms with Crippen LogP contribution in [0.3, 0.4) is 0 Å². The highest BCUT2D eigenvalue weighted by Crippen LogP contribution is 2.37. The van der Waals surface area contributed by atoms with Crippen LogP contribution in [0.2, 0.25) is 5.02 Å². The van der Waals surface area contributed by atoms with E-state index in [1.54, 1.807) is 11.3 Å². The summed E-state index contributed by atoms with van der Waals surface area (Å²) < 4.78 is 5.44. The van der Waals surface area contributed by atoms with Crippen molar-refractivity contribution in [3.05, 3.63) is 21.3 Å². The lowest BCUT2D eigenvalue weighted by molar-refractivity contribution is -0.0224. The van der Waals surface area contributed by atoms with Crippen molar-refractivity contribution in [3.63, 3.8) is 0 Å². The highest BCUT2D eigenvalue weighted by Gasteiger charge is 2.37. The first-order valence-corrected chi connectivity index (χ1v) is 7.56. The minimum absolute atomic E-state index is 0.0209. The molecule has 0 aromatic carbocycles. The number of thiophene rings is 1. The van der Waals surface area contributed by atoms with Crippen LogP contribution in [-0.4, -0.2) is 43.8 Å². The molecule has 1 fully saturated rings. The third-order valence-electron chi connectivity index (χ3n) is 3.73. The minimum atomic E-state index is 0.0209. The largest absolute Gasteiger partial charge is 0.379 e. The smallest absolute Gasteiger partial charge is 0.0609 e. The van der Waals surface area contributed by atoms with Crippen molar-refractivity contribution >= 4 is 22.9 Å². The van der Waals surface area contributed by atoms with Crippen LogP contribution in [0, 0.1) is 0 Å². The van der Waals surface area contributed by atoms with E-state index in [9.17, 15) is 0 Å². The van der Waals surface area contributed by atoms with Gasteiger partial charge in [-0.1, -0.05) is 11.6 Å². The van der Waals surface area contributed by atoms with E-state index >= 15 is 0 Å². The van der Waals surface area contributed by atoms with Crippen molar-refractivity contribution in [2.45, 2.75) is 25.4 Å². The Morgan fingerprint density at radius 2 is 2.11 bits per heavy atom. The van der Waals surface area contributed by atoms with Gasteiger partial charge in [0.05, 0.1) is 24.3 Å². The van der Waals surface area contributed by atoms with E-state index in [-0.39, 0.29) is 11.6 Å². The third-order valence-corrected chi connectivity index (χ3v) is 5.15. The quantitative estimate of drug-likeness (QED) is 0.922. The van der Waals surface area contributed by atoms with Crippen LogP contribution in [0.15, 0.2) is 11.4 Å². The molecule has 1 N–H and O–H groups in total. The number of ether oxygens (including phenoxy) is 1. The van der Waals surface area contributed by atoms with E-state index < -0.39 is 0 Å². The molecule has 18 heavy (non-hydrogen) atoms. The molecular formula is C13H21ClN2OS. The maximum atomic E-state index is 6.29. The van der Waals surface area contributed by atoms with E-state index in [0.29, 0.717) is 0 Å². The summed E-state index contributed by atoms with van der Waals surface area (Å²) in [5.41, 5.74) is 0.0209. The van der Waals surface area contributed by atoms with Crippen LogP contribution in [-0.2, 0) is 4.74 Å². The van der Waals surface area contributed by atoms with Crippen molar-refractivity contribution in [2.24, 2.45) is 0 Å². The van der Waals surface area contributed by atoms with Crippen molar-refractivity contribution in [2.75, 3.05) is 33.4 Å². The average molecular weight is 289 g/mol. The van der Waals surface area contributed by atoms with E-state index in [0.717, 1.165) is 31.3 Å². The molecule has 102 valence electrons. The van der Waals surface area contributed by atoms with Gasteiger partial charge in [0.2, 0.25) is 0 Å². The van der Waals surface area contributed by atoms with Crippen LogP contribution in [0.25, 0.3) is 0 Å². The Morgan fingerprint density at radius 1 is 1.44 bits per heavy atom. The number of nitrogens with one attached hydrogen (secondary N) is 1. The number of halogens is 1. The van der Waals surface area contributed by atoms with Crippen LogP contribution < -0.4 is 5.32 Å². The summed E-state index contributed by atoms with van der Waals surface area (Å²) in [5.74, 6) is 0. The number of nitrogens with zero attached hydrogens (tertiary/aromatic N) is 1. The van der Waals surface area contributed by atoms with Gasteiger partial charge >= 0.3 is 0 Å². The van der Waals surface area contributed by atoms with Crippen LogP contribution in [0.4, 0.5) is 0 Å². The van der Waals surface area contributed by atoms with Gasteiger partial charge in [0, 0.05) is 23.5 Å². The van der Waals surface area contributed by atoms with Gasteiger partial charge in [-0.25, -0.2) is 0 Å². The fourth-order valence-corrected chi connectivity index (χ4v) is 4.09. The Morgan fingerprint density at radius 3 is 2.61 bits per heavy atom. The summed E-state index contributed by atoms with van der Waals surface area (Å²) in [7, 11) is 2.00. The highest BCUT2D eigenvalue weighted by atomic mass is 35.5. The van der Waals surface area contributed by atoms with Crippen molar-refractivity contribution in [1.29, 1.82) is 0 Å². The third kappa shape index (κ3) is 2.73. The molecule has 0 radical (unpaired) electrons. The lowest BCUT2D eigenvalue weighted by Gasteiger charge is -2.45. The molecule has 0 spiro atoms. The van der Waals surface area contributed by atoms with Gasteiger partial charge < -0.3 is 10.1 Å². The fraction of sp³-hybridized carbons (Fsp3) is 0.692. The Kier molecular flexibility index (Phi) is 4.67. The van der Waals surface area contributed by atoms with E-state index in [2.05, 4.69) is 29.4 Å². The average Bonchev–Trinajstić information content (AvgIpc) is 2.78. The molecule has 2 heterocycles. The van der Waals surface area contributed by atoms with Crippen molar-refractivity contribution in [3.8, 4) is 0 Å². The molecule has 1 aliphatic heterocycles. The summed E-state index contributed by atoms with van der Waals surface area (Å²) in [6.45, 7) is 8.14. The molecule has 0 saturated carbocycles. The maximum absolute atomic E-state index is 6.29. The van der Waals surface area contributed by atoms with Gasteiger partial charge in [-0.05, 0) is 32.3 Å². The van der Waals surface area contributed by atoms with E-state index in [4.69, 9.17) is 16.3 Å². The van der Waals surface area contributed by atoms with Gasteiger partial charge in [-0.2, -0.15) is 0 Å². The molecule has 5 heteroatoms. The Labute approximate surface area is 118 Å². The van der Waals surface area contributed by atoms with Gasteiger partial charge in [0.25, 0.3) is 0 Å². The fourth-order valence-electron chi connectivity index (χ4n) is 2.64. The zero-order chi connectivity index (χ0) is 13.2. The molecule has 1 unspecified atom stereocenters. The monoisotopic (exact) mass is 288 g/mol. The second-order valence-electron chi connectivity index (χ2n) is 5.11. The number of likely N-dealkylation sites (N-methyl/N-ethyl adjacent to an activating group) is 1. The predicted octanol–water partition coefficient (Wildman–Crippen LogP) is 2.77. The molecule has 1 saturated heterocycles. The molecule has 1 aromatic rings. The number of rotatable bonds is 4. The van der Waals surface area contributed by atoms with Crippen LogP contribution in [0.1, 0.15) is 24.8 Å². The van der Waals surface area contributed by atoms with Gasteiger partial charge in [-0.3, -0.25) is 4.90 Å².